The molecule has 0 aliphatic carbocycles. The van der Waals surface area contributed by atoms with Gasteiger partial charge in [-0.3, -0.25) is 9.48 Å². The first-order valence-corrected chi connectivity index (χ1v) is 7.92. The van der Waals surface area contributed by atoms with Crippen molar-refractivity contribution in [2.75, 3.05) is 5.32 Å². The van der Waals surface area contributed by atoms with Crippen LogP contribution in [0, 0.1) is 13.8 Å². The maximum Gasteiger partial charge on any atom is 0.248 e. The van der Waals surface area contributed by atoms with Gasteiger partial charge in [-0.1, -0.05) is 32.0 Å². The van der Waals surface area contributed by atoms with Crippen LogP contribution in [0.25, 0.3) is 0 Å². The maximum atomic E-state index is 12.6. The average molecular weight is 299 g/mol. The van der Waals surface area contributed by atoms with Gasteiger partial charge in [-0.2, -0.15) is 5.10 Å². The highest BCUT2D eigenvalue weighted by atomic mass is 16.2. The molecule has 1 aromatic carbocycles. The second-order valence-corrected chi connectivity index (χ2v) is 5.70. The number of carbonyl (C=O) groups is 1. The van der Waals surface area contributed by atoms with Crippen LogP contribution in [0.1, 0.15) is 49.3 Å². The SMILES string of the molecule is CCc1cccc(CC)c1NC(=O)C(C)n1nc(C)cc1C. The summed E-state index contributed by atoms with van der Waals surface area (Å²) in [7, 11) is 0. The van der Waals surface area contributed by atoms with Gasteiger partial charge in [0.2, 0.25) is 5.91 Å². The summed E-state index contributed by atoms with van der Waals surface area (Å²) >= 11 is 0. The van der Waals surface area contributed by atoms with Gasteiger partial charge in [-0.05, 0) is 50.8 Å². The van der Waals surface area contributed by atoms with Gasteiger partial charge in [0.1, 0.15) is 6.04 Å². The first kappa shape index (κ1) is 16.3. The van der Waals surface area contributed by atoms with E-state index in [9.17, 15) is 4.79 Å². The second-order valence-electron chi connectivity index (χ2n) is 5.70. The Morgan fingerprint density at radius 2 is 1.82 bits per heavy atom. The average Bonchev–Trinajstić information content (AvgIpc) is 2.85. The van der Waals surface area contributed by atoms with E-state index in [-0.39, 0.29) is 11.9 Å². The number of benzene rings is 1. The van der Waals surface area contributed by atoms with E-state index in [1.54, 1.807) is 4.68 Å². The Kier molecular flexibility index (Phi) is 5.01. The predicted octanol–water partition coefficient (Wildman–Crippen LogP) is 3.82. The second kappa shape index (κ2) is 6.77. The van der Waals surface area contributed by atoms with Gasteiger partial charge in [0.05, 0.1) is 5.69 Å². The van der Waals surface area contributed by atoms with E-state index in [1.165, 1.54) is 11.1 Å². The van der Waals surface area contributed by atoms with Gasteiger partial charge in [0, 0.05) is 11.4 Å². The summed E-state index contributed by atoms with van der Waals surface area (Å²) in [6, 6.07) is 7.85. The minimum absolute atomic E-state index is 0.0261. The topological polar surface area (TPSA) is 46.9 Å². The zero-order valence-corrected chi connectivity index (χ0v) is 14.1. The number of nitrogens with zero attached hydrogens (tertiary/aromatic N) is 2. The number of hydrogen-bond acceptors (Lipinski definition) is 2. The number of aryl methyl sites for hydroxylation is 4. The summed E-state index contributed by atoms with van der Waals surface area (Å²) < 4.78 is 1.78. The quantitative estimate of drug-likeness (QED) is 0.912. The lowest BCUT2D eigenvalue weighted by Crippen LogP contribution is -2.26. The summed E-state index contributed by atoms with van der Waals surface area (Å²) in [4.78, 5) is 12.6. The van der Waals surface area contributed by atoms with Crippen molar-refractivity contribution in [2.45, 2.75) is 53.5 Å². The smallest absolute Gasteiger partial charge is 0.248 e. The van der Waals surface area contributed by atoms with Crippen molar-refractivity contribution in [2.24, 2.45) is 0 Å². The van der Waals surface area contributed by atoms with E-state index >= 15 is 0 Å². The lowest BCUT2D eigenvalue weighted by Gasteiger charge is -2.18. The van der Waals surface area contributed by atoms with E-state index < -0.39 is 0 Å². The molecule has 22 heavy (non-hydrogen) atoms. The van der Waals surface area contributed by atoms with Crippen LogP contribution in [0.2, 0.25) is 0 Å². The molecule has 118 valence electrons. The van der Waals surface area contributed by atoms with Crippen LogP contribution >= 0.6 is 0 Å². The molecule has 0 aliphatic rings. The standard InChI is InChI=1S/C18H25N3O/c1-6-15-9-8-10-16(7-2)17(15)19-18(22)14(5)21-13(4)11-12(3)20-21/h8-11,14H,6-7H2,1-5H3,(H,19,22). The molecule has 0 saturated carbocycles. The molecule has 1 heterocycles. The monoisotopic (exact) mass is 299 g/mol. The van der Waals surface area contributed by atoms with E-state index in [0.29, 0.717) is 0 Å². The minimum Gasteiger partial charge on any atom is -0.324 e. The molecule has 1 aromatic heterocycles. The van der Waals surface area contributed by atoms with Crippen LogP contribution in [0.15, 0.2) is 24.3 Å². The summed E-state index contributed by atoms with van der Waals surface area (Å²) in [6.07, 6.45) is 1.80. The van der Waals surface area contributed by atoms with Crippen molar-refractivity contribution in [3.05, 3.63) is 46.8 Å². The molecule has 0 bridgehead atoms. The first-order chi connectivity index (χ1) is 10.5. The van der Waals surface area contributed by atoms with Crippen LogP contribution < -0.4 is 5.32 Å². The largest absolute Gasteiger partial charge is 0.324 e. The Morgan fingerprint density at radius 3 is 2.27 bits per heavy atom. The van der Waals surface area contributed by atoms with Crippen LogP contribution in [0.3, 0.4) is 0 Å². The number of amides is 1. The number of hydrogen-bond donors (Lipinski definition) is 1. The van der Waals surface area contributed by atoms with E-state index in [1.807, 2.05) is 26.8 Å². The van der Waals surface area contributed by atoms with Crippen molar-refractivity contribution in [3.8, 4) is 0 Å². The molecule has 1 N–H and O–H groups in total. The van der Waals surface area contributed by atoms with Crippen molar-refractivity contribution in [3.63, 3.8) is 0 Å². The van der Waals surface area contributed by atoms with Gasteiger partial charge in [0.25, 0.3) is 0 Å². The van der Waals surface area contributed by atoms with Gasteiger partial charge in [-0.15, -0.1) is 0 Å². The Morgan fingerprint density at radius 1 is 1.23 bits per heavy atom. The maximum absolute atomic E-state index is 12.6. The first-order valence-electron chi connectivity index (χ1n) is 7.92. The molecule has 2 rings (SSSR count). The zero-order chi connectivity index (χ0) is 16.3. The fourth-order valence-corrected chi connectivity index (χ4v) is 2.78. The van der Waals surface area contributed by atoms with Gasteiger partial charge in [-0.25, -0.2) is 0 Å². The normalized spacial score (nSPS) is 12.2. The third kappa shape index (κ3) is 3.21. The zero-order valence-electron chi connectivity index (χ0n) is 14.1. The molecule has 1 atom stereocenters. The van der Waals surface area contributed by atoms with E-state index in [2.05, 4.69) is 42.5 Å². The lowest BCUT2D eigenvalue weighted by atomic mass is 10.0. The van der Waals surface area contributed by atoms with Crippen LogP contribution in [-0.4, -0.2) is 15.7 Å². The molecular weight excluding hydrogens is 274 g/mol. The Balaban J connectivity index is 2.27. The highest BCUT2D eigenvalue weighted by molar-refractivity contribution is 5.95. The van der Waals surface area contributed by atoms with Gasteiger partial charge < -0.3 is 5.32 Å². The Hall–Kier alpha value is -2.10. The number of aromatic nitrogens is 2. The Bertz CT molecular complexity index is 651. The molecule has 2 aromatic rings. The molecule has 0 spiro atoms. The van der Waals surface area contributed by atoms with Crippen molar-refractivity contribution < 1.29 is 4.79 Å². The number of para-hydroxylation sites is 1. The molecule has 0 fully saturated rings. The molecule has 4 heteroatoms. The fourth-order valence-electron chi connectivity index (χ4n) is 2.78. The number of carbonyl (C=O) groups excluding carboxylic acids is 1. The number of nitrogens with one attached hydrogen (secondary N) is 1. The summed E-state index contributed by atoms with van der Waals surface area (Å²) in [5, 5.41) is 7.53. The molecule has 4 nitrogen and oxygen atoms in total. The molecule has 0 aliphatic heterocycles. The molecular formula is C18H25N3O. The predicted molar refractivity (Wildman–Crippen MR) is 90.2 cm³/mol. The Labute approximate surface area is 132 Å². The van der Waals surface area contributed by atoms with Crippen molar-refractivity contribution in [1.82, 2.24) is 9.78 Å². The van der Waals surface area contributed by atoms with Crippen molar-refractivity contribution in [1.29, 1.82) is 0 Å². The third-order valence-corrected chi connectivity index (χ3v) is 4.04. The number of anilines is 1. The summed E-state index contributed by atoms with van der Waals surface area (Å²) in [5.74, 6) is -0.0261. The van der Waals surface area contributed by atoms with Crippen LogP contribution in [-0.2, 0) is 17.6 Å². The van der Waals surface area contributed by atoms with Crippen molar-refractivity contribution >= 4 is 11.6 Å². The third-order valence-electron chi connectivity index (χ3n) is 4.04. The summed E-state index contributed by atoms with van der Waals surface area (Å²) in [5.41, 5.74) is 5.24. The molecule has 1 amide bonds. The fraction of sp³-hybridized carbons (Fsp3) is 0.444. The lowest BCUT2D eigenvalue weighted by molar-refractivity contribution is -0.119. The van der Waals surface area contributed by atoms with Crippen LogP contribution in [0.4, 0.5) is 5.69 Å². The molecule has 1 unspecified atom stereocenters. The van der Waals surface area contributed by atoms with E-state index in [4.69, 9.17) is 0 Å². The van der Waals surface area contributed by atoms with Gasteiger partial charge in [0.15, 0.2) is 0 Å². The van der Waals surface area contributed by atoms with Gasteiger partial charge >= 0.3 is 0 Å². The molecule has 0 radical (unpaired) electrons. The molecule has 0 saturated heterocycles. The number of rotatable bonds is 5. The minimum atomic E-state index is -0.330. The highest BCUT2D eigenvalue weighted by Crippen LogP contribution is 2.24. The summed E-state index contributed by atoms with van der Waals surface area (Å²) in [6.45, 7) is 10.0. The van der Waals surface area contributed by atoms with E-state index in [0.717, 1.165) is 29.9 Å². The highest BCUT2D eigenvalue weighted by Gasteiger charge is 2.19. The van der Waals surface area contributed by atoms with Crippen LogP contribution in [0.5, 0.6) is 0 Å².